The van der Waals surface area contributed by atoms with Crippen molar-refractivity contribution in [2.45, 2.75) is 13.8 Å². The number of carbonyl (C=O) groups is 2. The summed E-state index contributed by atoms with van der Waals surface area (Å²) in [5.41, 5.74) is 0.565. The van der Waals surface area contributed by atoms with Gasteiger partial charge in [0, 0.05) is 8.95 Å². The van der Waals surface area contributed by atoms with Crippen LogP contribution in [0.2, 0.25) is 0 Å². The van der Waals surface area contributed by atoms with Crippen LogP contribution in [0.5, 0.6) is 0 Å². The number of anilines is 1. The standard InChI is InChI=1S/C14H11Br2NO4/c1-6-3-9(7(2)21-6)13(18)17-12-10(14(19)20)4-8(15)5-11(12)16/h3-5H,1-2H3,(H,17,18)(H,19,20). The van der Waals surface area contributed by atoms with Gasteiger partial charge in [-0.1, -0.05) is 15.9 Å². The second kappa shape index (κ2) is 6.03. The predicted octanol–water partition coefficient (Wildman–Crippen LogP) is 4.37. The van der Waals surface area contributed by atoms with Gasteiger partial charge in [0.25, 0.3) is 5.91 Å². The average molecular weight is 417 g/mol. The van der Waals surface area contributed by atoms with E-state index in [-0.39, 0.29) is 11.3 Å². The van der Waals surface area contributed by atoms with Gasteiger partial charge in [0.2, 0.25) is 0 Å². The summed E-state index contributed by atoms with van der Waals surface area (Å²) in [5.74, 6) is -0.455. The van der Waals surface area contributed by atoms with Crippen LogP contribution < -0.4 is 5.32 Å². The SMILES string of the molecule is Cc1cc(C(=O)Nc2c(Br)cc(Br)cc2C(=O)O)c(C)o1. The second-order valence-electron chi connectivity index (χ2n) is 4.40. The van der Waals surface area contributed by atoms with Crippen LogP contribution in [-0.4, -0.2) is 17.0 Å². The van der Waals surface area contributed by atoms with Crippen LogP contribution in [0, 0.1) is 13.8 Å². The van der Waals surface area contributed by atoms with Gasteiger partial charge in [-0.05, 0) is 48.0 Å². The second-order valence-corrected chi connectivity index (χ2v) is 6.17. The number of rotatable bonds is 3. The summed E-state index contributed by atoms with van der Waals surface area (Å²) in [4.78, 5) is 23.6. The van der Waals surface area contributed by atoms with Gasteiger partial charge in [0.05, 0.1) is 16.8 Å². The molecule has 0 spiro atoms. The van der Waals surface area contributed by atoms with Gasteiger partial charge in [-0.2, -0.15) is 0 Å². The molecule has 0 atom stereocenters. The van der Waals surface area contributed by atoms with Crippen LogP contribution in [0.4, 0.5) is 5.69 Å². The Kier molecular flexibility index (Phi) is 4.53. The number of amides is 1. The van der Waals surface area contributed by atoms with E-state index >= 15 is 0 Å². The Morgan fingerprint density at radius 2 is 1.81 bits per heavy atom. The summed E-state index contributed by atoms with van der Waals surface area (Å²) in [6.45, 7) is 3.42. The molecule has 0 aliphatic rings. The summed E-state index contributed by atoms with van der Waals surface area (Å²) in [7, 11) is 0. The highest BCUT2D eigenvalue weighted by Crippen LogP contribution is 2.31. The molecule has 7 heteroatoms. The minimum Gasteiger partial charge on any atom is -0.478 e. The van der Waals surface area contributed by atoms with E-state index in [9.17, 15) is 14.7 Å². The Hall–Kier alpha value is -1.60. The third kappa shape index (κ3) is 3.36. The van der Waals surface area contributed by atoms with Crippen molar-refractivity contribution in [3.63, 3.8) is 0 Å². The zero-order valence-corrected chi connectivity index (χ0v) is 14.3. The van der Waals surface area contributed by atoms with Gasteiger partial charge >= 0.3 is 5.97 Å². The minimum absolute atomic E-state index is 0.0116. The van der Waals surface area contributed by atoms with Crippen molar-refractivity contribution >= 4 is 49.4 Å². The lowest BCUT2D eigenvalue weighted by Crippen LogP contribution is -2.15. The normalized spacial score (nSPS) is 10.5. The fraction of sp³-hybridized carbons (Fsp3) is 0.143. The Morgan fingerprint density at radius 1 is 1.14 bits per heavy atom. The number of aryl methyl sites for hydroxylation is 2. The molecule has 0 saturated heterocycles. The molecule has 2 N–H and O–H groups in total. The molecule has 0 radical (unpaired) electrons. The van der Waals surface area contributed by atoms with E-state index in [0.717, 1.165) is 0 Å². The molecule has 2 rings (SSSR count). The first-order chi connectivity index (χ1) is 9.79. The van der Waals surface area contributed by atoms with Crippen molar-refractivity contribution in [3.8, 4) is 0 Å². The molecule has 1 amide bonds. The number of carboxylic acids is 1. The maximum Gasteiger partial charge on any atom is 0.337 e. The Labute approximate surface area is 137 Å². The van der Waals surface area contributed by atoms with Crippen molar-refractivity contribution in [3.05, 3.63) is 49.8 Å². The monoisotopic (exact) mass is 415 g/mol. The maximum absolute atomic E-state index is 12.3. The van der Waals surface area contributed by atoms with E-state index in [0.29, 0.717) is 26.0 Å². The molecule has 1 aromatic carbocycles. The number of aromatic carboxylic acids is 1. The number of hydrogen-bond acceptors (Lipinski definition) is 3. The van der Waals surface area contributed by atoms with Gasteiger partial charge in [0.15, 0.2) is 0 Å². The average Bonchev–Trinajstić information content (AvgIpc) is 2.71. The third-order valence-corrected chi connectivity index (χ3v) is 3.89. The van der Waals surface area contributed by atoms with Gasteiger partial charge < -0.3 is 14.8 Å². The Morgan fingerprint density at radius 3 is 2.33 bits per heavy atom. The summed E-state index contributed by atoms with van der Waals surface area (Å²) in [6.07, 6.45) is 0. The zero-order chi connectivity index (χ0) is 15.7. The van der Waals surface area contributed by atoms with Crippen molar-refractivity contribution in [1.29, 1.82) is 0 Å². The van der Waals surface area contributed by atoms with E-state index in [1.807, 2.05) is 0 Å². The predicted molar refractivity (Wildman–Crippen MR) is 84.9 cm³/mol. The van der Waals surface area contributed by atoms with Crippen molar-refractivity contribution in [2.75, 3.05) is 5.32 Å². The number of benzene rings is 1. The highest BCUT2D eigenvalue weighted by Gasteiger charge is 2.20. The van der Waals surface area contributed by atoms with Gasteiger partial charge in [-0.3, -0.25) is 4.79 Å². The van der Waals surface area contributed by atoms with Gasteiger partial charge in [-0.25, -0.2) is 4.79 Å². The smallest absolute Gasteiger partial charge is 0.337 e. The Balaban J connectivity index is 2.42. The van der Waals surface area contributed by atoms with Crippen molar-refractivity contribution < 1.29 is 19.1 Å². The third-order valence-electron chi connectivity index (χ3n) is 2.81. The molecule has 0 bridgehead atoms. The molecule has 0 unspecified atom stereocenters. The summed E-state index contributed by atoms with van der Waals surface area (Å²) >= 11 is 6.48. The molecule has 5 nitrogen and oxygen atoms in total. The first-order valence-corrected chi connectivity index (χ1v) is 7.49. The van der Waals surface area contributed by atoms with Crippen molar-refractivity contribution in [2.24, 2.45) is 0 Å². The molecule has 0 aliphatic heterocycles. The lowest BCUT2D eigenvalue weighted by Gasteiger charge is -2.11. The van der Waals surface area contributed by atoms with Crippen LogP contribution in [0.1, 0.15) is 32.2 Å². The molecule has 110 valence electrons. The lowest BCUT2D eigenvalue weighted by atomic mass is 10.1. The quantitative estimate of drug-likeness (QED) is 0.778. The molecular weight excluding hydrogens is 406 g/mol. The van der Waals surface area contributed by atoms with Crippen LogP contribution in [0.3, 0.4) is 0 Å². The zero-order valence-electron chi connectivity index (χ0n) is 11.2. The molecule has 0 fully saturated rings. The summed E-state index contributed by atoms with van der Waals surface area (Å²) in [5, 5.41) is 11.9. The lowest BCUT2D eigenvalue weighted by molar-refractivity contribution is 0.0698. The van der Waals surface area contributed by atoms with Crippen LogP contribution in [-0.2, 0) is 0 Å². The maximum atomic E-state index is 12.3. The highest BCUT2D eigenvalue weighted by atomic mass is 79.9. The highest BCUT2D eigenvalue weighted by molar-refractivity contribution is 9.11. The van der Waals surface area contributed by atoms with Crippen LogP contribution in [0.25, 0.3) is 0 Å². The van der Waals surface area contributed by atoms with E-state index < -0.39 is 11.9 Å². The van der Waals surface area contributed by atoms with E-state index in [1.54, 1.807) is 26.0 Å². The van der Waals surface area contributed by atoms with E-state index in [4.69, 9.17) is 4.42 Å². The topological polar surface area (TPSA) is 79.5 Å². The Bertz CT molecular complexity index is 737. The molecule has 21 heavy (non-hydrogen) atoms. The number of carboxylic acid groups (broad SMARTS) is 1. The molecular formula is C14H11Br2NO4. The largest absolute Gasteiger partial charge is 0.478 e. The number of carbonyl (C=O) groups excluding carboxylic acids is 1. The number of halogens is 2. The van der Waals surface area contributed by atoms with Crippen molar-refractivity contribution in [1.82, 2.24) is 0 Å². The van der Waals surface area contributed by atoms with E-state index in [1.165, 1.54) is 6.07 Å². The molecule has 1 heterocycles. The fourth-order valence-corrected chi connectivity index (χ4v) is 3.23. The fourth-order valence-electron chi connectivity index (χ4n) is 1.91. The van der Waals surface area contributed by atoms with Crippen LogP contribution in [0.15, 0.2) is 31.6 Å². The first kappa shape index (κ1) is 15.8. The first-order valence-electron chi connectivity index (χ1n) is 5.90. The van der Waals surface area contributed by atoms with Gasteiger partial charge in [0.1, 0.15) is 11.5 Å². The number of hydrogen-bond donors (Lipinski definition) is 2. The van der Waals surface area contributed by atoms with Gasteiger partial charge in [-0.15, -0.1) is 0 Å². The van der Waals surface area contributed by atoms with E-state index in [2.05, 4.69) is 37.2 Å². The summed E-state index contributed by atoms with van der Waals surface area (Å²) in [6, 6.07) is 4.70. The van der Waals surface area contributed by atoms with Crippen LogP contribution >= 0.6 is 31.9 Å². The molecule has 1 aromatic heterocycles. The summed E-state index contributed by atoms with van der Waals surface area (Å²) < 4.78 is 6.37. The molecule has 0 aliphatic carbocycles. The minimum atomic E-state index is -1.13. The number of nitrogens with one attached hydrogen (secondary N) is 1. The molecule has 0 saturated carbocycles. The number of furan rings is 1. The molecule has 2 aromatic rings.